The molecule has 8 nitrogen and oxygen atoms in total. The van der Waals surface area contributed by atoms with Crippen LogP contribution in [0.15, 0.2) is 65.5 Å². The van der Waals surface area contributed by atoms with Gasteiger partial charge >= 0.3 is 5.69 Å². The van der Waals surface area contributed by atoms with E-state index in [-0.39, 0.29) is 11.6 Å². The highest BCUT2D eigenvalue weighted by Gasteiger charge is 2.13. The first-order valence-corrected chi connectivity index (χ1v) is 12.3. The predicted molar refractivity (Wildman–Crippen MR) is 146 cm³/mol. The molecule has 0 aliphatic rings. The molecule has 0 fully saturated rings. The number of nitrogens with zero attached hydrogens (tertiary/aromatic N) is 2. The average Bonchev–Trinajstić information content (AvgIpc) is 3.12. The molecule has 1 amide bonds. The molecular formula is C29H34N4O4. The van der Waals surface area contributed by atoms with Gasteiger partial charge in [0.25, 0.3) is 5.91 Å². The van der Waals surface area contributed by atoms with Crippen LogP contribution in [-0.2, 0) is 27.2 Å². The van der Waals surface area contributed by atoms with Crippen molar-refractivity contribution in [3.63, 3.8) is 0 Å². The molecule has 0 bridgehead atoms. The number of rotatable bonds is 10. The maximum absolute atomic E-state index is 12.5. The Bertz CT molecular complexity index is 1470. The minimum absolute atomic E-state index is 0.0624. The summed E-state index contributed by atoms with van der Waals surface area (Å²) < 4.78 is 15.1. The highest BCUT2D eigenvalue weighted by molar-refractivity contribution is 5.95. The topological polar surface area (TPSA) is 86.5 Å². The van der Waals surface area contributed by atoms with Gasteiger partial charge in [-0.3, -0.25) is 13.9 Å². The monoisotopic (exact) mass is 502 g/mol. The van der Waals surface area contributed by atoms with Gasteiger partial charge in [0.1, 0.15) is 6.61 Å². The van der Waals surface area contributed by atoms with Crippen LogP contribution in [0.2, 0.25) is 0 Å². The zero-order valence-electron chi connectivity index (χ0n) is 22.0. The molecule has 0 saturated heterocycles. The van der Waals surface area contributed by atoms with Gasteiger partial charge in [0.2, 0.25) is 0 Å². The standard InChI is InChI=1S/C29H34N4O4/c1-19(2)16-31-28(34)21-8-6-10-23(15-21)30-17-22-9-7-11-26(36-5)27(22)37-18-20-12-13-24-25(14-20)33(4)29(35)32(24)3/h6-15,19,30H,16-18H2,1-5H3,(H,31,34). The molecule has 37 heavy (non-hydrogen) atoms. The van der Waals surface area contributed by atoms with Gasteiger partial charge in [-0.2, -0.15) is 0 Å². The quantitative estimate of drug-likeness (QED) is 0.334. The lowest BCUT2D eigenvalue weighted by Crippen LogP contribution is -2.27. The van der Waals surface area contributed by atoms with Crippen LogP contribution in [0.3, 0.4) is 0 Å². The Morgan fingerprint density at radius 3 is 2.49 bits per heavy atom. The minimum atomic E-state index is -0.0874. The van der Waals surface area contributed by atoms with Crippen LogP contribution >= 0.6 is 0 Å². The van der Waals surface area contributed by atoms with Gasteiger partial charge in [-0.15, -0.1) is 0 Å². The summed E-state index contributed by atoms with van der Waals surface area (Å²) >= 11 is 0. The van der Waals surface area contributed by atoms with Crippen molar-refractivity contribution in [2.24, 2.45) is 20.0 Å². The fourth-order valence-corrected chi connectivity index (χ4v) is 4.19. The number of aryl methyl sites for hydroxylation is 2. The number of hydrogen-bond acceptors (Lipinski definition) is 5. The molecule has 0 aliphatic carbocycles. The number of imidazole rings is 1. The summed E-state index contributed by atoms with van der Waals surface area (Å²) in [6.07, 6.45) is 0. The van der Waals surface area contributed by atoms with Crippen molar-refractivity contribution in [3.05, 3.63) is 87.8 Å². The number of hydrogen-bond donors (Lipinski definition) is 2. The fraction of sp³-hybridized carbons (Fsp3) is 0.310. The number of methoxy groups -OCH3 is 1. The van der Waals surface area contributed by atoms with E-state index in [4.69, 9.17) is 9.47 Å². The van der Waals surface area contributed by atoms with Crippen molar-refractivity contribution in [2.45, 2.75) is 27.0 Å². The SMILES string of the molecule is COc1cccc(CNc2cccc(C(=O)NCC(C)C)c2)c1OCc1ccc2c(c1)n(C)c(=O)n2C. The molecule has 0 atom stereocenters. The first-order valence-electron chi connectivity index (χ1n) is 12.3. The smallest absolute Gasteiger partial charge is 0.328 e. The Hall–Kier alpha value is -4.20. The molecule has 1 aromatic heterocycles. The average molecular weight is 503 g/mol. The molecule has 1 heterocycles. The zero-order valence-corrected chi connectivity index (χ0v) is 22.0. The molecule has 8 heteroatoms. The first-order chi connectivity index (χ1) is 17.8. The molecule has 0 radical (unpaired) electrons. The number of para-hydroxylation sites is 1. The van der Waals surface area contributed by atoms with Crippen LogP contribution < -0.4 is 25.8 Å². The van der Waals surface area contributed by atoms with Crippen LogP contribution in [0.5, 0.6) is 11.5 Å². The van der Waals surface area contributed by atoms with Crippen molar-refractivity contribution in [2.75, 3.05) is 19.0 Å². The molecule has 0 spiro atoms. The summed E-state index contributed by atoms with van der Waals surface area (Å²) in [6, 6.07) is 19.1. The minimum Gasteiger partial charge on any atom is -0.493 e. The molecule has 3 aromatic carbocycles. The Morgan fingerprint density at radius 2 is 1.73 bits per heavy atom. The van der Waals surface area contributed by atoms with Crippen molar-refractivity contribution in [3.8, 4) is 11.5 Å². The van der Waals surface area contributed by atoms with E-state index in [9.17, 15) is 9.59 Å². The predicted octanol–water partition coefficient (Wildman–Crippen LogP) is 4.46. The third-order valence-corrected chi connectivity index (χ3v) is 6.28. The molecule has 0 unspecified atom stereocenters. The molecule has 0 saturated carbocycles. The summed E-state index contributed by atoms with van der Waals surface area (Å²) in [5.74, 6) is 1.58. The maximum atomic E-state index is 12.5. The second kappa shape index (κ2) is 11.2. The number of carbonyl (C=O) groups excluding carboxylic acids is 1. The van der Waals surface area contributed by atoms with Gasteiger partial charge in [0, 0.05) is 44.0 Å². The van der Waals surface area contributed by atoms with Crippen molar-refractivity contribution >= 4 is 22.6 Å². The van der Waals surface area contributed by atoms with Gasteiger partial charge in [0.05, 0.1) is 18.1 Å². The third-order valence-electron chi connectivity index (χ3n) is 6.28. The van der Waals surface area contributed by atoms with Gasteiger partial charge < -0.3 is 20.1 Å². The molecule has 4 rings (SSSR count). The number of benzene rings is 3. The molecular weight excluding hydrogens is 468 g/mol. The Kier molecular flexibility index (Phi) is 7.86. The summed E-state index contributed by atoms with van der Waals surface area (Å²) in [7, 11) is 5.15. The van der Waals surface area contributed by atoms with E-state index in [1.165, 1.54) is 0 Å². The lowest BCUT2D eigenvalue weighted by molar-refractivity contribution is 0.0949. The molecule has 0 aliphatic heterocycles. The van der Waals surface area contributed by atoms with Crippen molar-refractivity contribution in [1.82, 2.24) is 14.5 Å². The van der Waals surface area contributed by atoms with E-state index < -0.39 is 0 Å². The summed E-state index contributed by atoms with van der Waals surface area (Å²) in [5.41, 5.74) is 4.97. The third kappa shape index (κ3) is 5.80. The number of anilines is 1. The lowest BCUT2D eigenvalue weighted by atomic mass is 10.1. The van der Waals surface area contributed by atoms with E-state index >= 15 is 0 Å². The summed E-state index contributed by atoms with van der Waals surface area (Å²) in [6.45, 7) is 5.56. The van der Waals surface area contributed by atoms with Gasteiger partial charge in [-0.1, -0.05) is 38.1 Å². The first kappa shape index (κ1) is 25.9. The van der Waals surface area contributed by atoms with E-state index in [0.717, 1.165) is 27.8 Å². The maximum Gasteiger partial charge on any atom is 0.328 e. The van der Waals surface area contributed by atoms with E-state index in [0.29, 0.717) is 42.7 Å². The highest BCUT2D eigenvalue weighted by Crippen LogP contribution is 2.32. The van der Waals surface area contributed by atoms with Gasteiger partial charge in [-0.05, 0) is 47.9 Å². The normalized spacial score (nSPS) is 11.1. The molecule has 2 N–H and O–H groups in total. The van der Waals surface area contributed by atoms with E-state index in [2.05, 4.69) is 24.5 Å². The number of carbonyl (C=O) groups is 1. The second-order valence-corrected chi connectivity index (χ2v) is 9.50. The van der Waals surface area contributed by atoms with Crippen LogP contribution in [0.25, 0.3) is 11.0 Å². The van der Waals surface area contributed by atoms with Crippen molar-refractivity contribution in [1.29, 1.82) is 0 Å². The van der Waals surface area contributed by atoms with Crippen LogP contribution in [0, 0.1) is 5.92 Å². The van der Waals surface area contributed by atoms with Gasteiger partial charge in [0.15, 0.2) is 11.5 Å². The highest BCUT2D eigenvalue weighted by atomic mass is 16.5. The van der Waals surface area contributed by atoms with Crippen LogP contribution in [-0.4, -0.2) is 28.7 Å². The van der Waals surface area contributed by atoms with Crippen LogP contribution in [0.4, 0.5) is 5.69 Å². The number of fused-ring (bicyclic) bond motifs is 1. The molecule has 4 aromatic rings. The Balaban J connectivity index is 1.50. The lowest BCUT2D eigenvalue weighted by Gasteiger charge is -2.16. The largest absolute Gasteiger partial charge is 0.493 e. The van der Waals surface area contributed by atoms with Crippen LogP contribution in [0.1, 0.15) is 35.3 Å². The summed E-state index contributed by atoms with van der Waals surface area (Å²) in [5, 5.41) is 6.35. The Labute approximate surface area is 216 Å². The molecule has 194 valence electrons. The summed E-state index contributed by atoms with van der Waals surface area (Å²) in [4.78, 5) is 24.7. The Morgan fingerprint density at radius 1 is 0.973 bits per heavy atom. The number of ether oxygens (including phenoxy) is 2. The number of nitrogens with one attached hydrogen (secondary N) is 2. The van der Waals surface area contributed by atoms with E-state index in [1.807, 2.05) is 54.6 Å². The van der Waals surface area contributed by atoms with Crippen molar-refractivity contribution < 1.29 is 14.3 Å². The zero-order chi connectivity index (χ0) is 26.5. The number of amides is 1. The second-order valence-electron chi connectivity index (χ2n) is 9.50. The fourth-order valence-electron chi connectivity index (χ4n) is 4.19. The van der Waals surface area contributed by atoms with E-state index in [1.54, 1.807) is 36.4 Å². The van der Waals surface area contributed by atoms with Gasteiger partial charge in [-0.25, -0.2) is 4.79 Å². The number of aromatic nitrogens is 2.